The van der Waals surface area contributed by atoms with Gasteiger partial charge in [-0.15, -0.1) is 0 Å². The van der Waals surface area contributed by atoms with Crippen LogP contribution in [0, 0.1) is 40.9 Å². The summed E-state index contributed by atoms with van der Waals surface area (Å²) in [6.07, 6.45) is 12.0. The minimum absolute atomic E-state index is 0.111. The van der Waals surface area contributed by atoms with Crippen LogP contribution in [0.25, 0.3) is 0 Å². The van der Waals surface area contributed by atoms with Gasteiger partial charge in [0.15, 0.2) is 5.78 Å². The molecule has 1 aromatic rings. The Kier molecular flexibility index (Phi) is 4.28. The standard InChI is InChI=1S/C23H35N3O2/c1-22(28)10-8-15-14(12-22)4-5-17-16(15)9-11-23(2)18(17)6-7-19(23)21(27)20-13-24-26(3)25-20/h13-19,28H,4-12H2,1-3H3/t14-,15+,16-,17-,18+,19-,22-,23+/m1/s1. The van der Waals surface area contributed by atoms with Crippen LogP contribution in [0.4, 0.5) is 0 Å². The zero-order valence-electron chi connectivity index (χ0n) is 17.6. The van der Waals surface area contributed by atoms with Gasteiger partial charge in [0.25, 0.3) is 0 Å². The van der Waals surface area contributed by atoms with Crippen LogP contribution in [0.2, 0.25) is 0 Å². The molecule has 0 saturated heterocycles. The van der Waals surface area contributed by atoms with Gasteiger partial charge in [0, 0.05) is 13.0 Å². The summed E-state index contributed by atoms with van der Waals surface area (Å²) in [7, 11) is 1.78. The minimum atomic E-state index is -0.446. The lowest BCUT2D eigenvalue weighted by Gasteiger charge is -2.56. The van der Waals surface area contributed by atoms with Gasteiger partial charge < -0.3 is 5.11 Å². The minimum Gasteiger partial charge on any atom is -0.390 e. The molecule has 0 radical (unpaired) electrons. The number of carbonyl (C=O) groups is 1. The lowest BCUT2D eigenvalue weighted by molar-refractivity contribution is -0.0976. The fourth-order valence-electron chi connectivity index (χ4n) is 8.15. The van der Waals surface area contributed by atoms with Crippen molar-refractivity contribution in [1.29, 1.82) is 0 Å². The van der Waals surface area contributed by atoms with Crippen LogP contribution in [-0.4, -0.2) is 31.5 Å². The second-order valence-electron chi connectivity index (χ2n) is 10.9. The summed E-state index contributed by atoms with van der Waals surface area (Å²) in [5.41, 5.74) is 0.233. The lowest BCUT2D eigenvalue weighted by Crippen LogP contribution is -2.51. The van der Waals surface area contributed by atoms with Gasteiger partial charge in [-0.2, -0.15) is 15.0 Å². The van der Waals surface area contributed by atoms with Crippen molar-refractivity contribution in [3.05, 3.63) is 11.9 Å². The fraction of sp³-hybridized carbons (Fsp3) is 0.870. The molecule has 5 rings (SSSR count). The summed E-state index contributed by atoms with van der Waals surface area (Å²) in [5.74, 6) is 4.13. The molecule has 5 nitrogen and oxygen atoms in total. The zero-order valence-corrected chi connectivity index (χ0v) is 17.6. The van der Waals surface area contributed by atoms with E-state index in [1.165, 1.54) is 43.3 Å². The number of Topliss-reactive ketones (excluding diaryl/α,β-unsaturated/α-hetero) is 1. The largest absolute Gasteiger partial charge is 0.390 e. The van der Waals surface area contributed by atoms with Gasteiger partial charge in [-0.25, -0.2) is 0 Å². The average Bonchev–Trinajstić information content (AvgIpc) is 3.23. The van der Waals surface area contributed by atoms with Crippen molar-refractivity contribution in [2.24, 2.45) is 48.0 Å². The Labute approximate surface area is 168 Å². The Morgan fingerprint density at radius 1 is 1.07 bits per heavy atom. The first kappa shape index (κ1) is 18.8. The molecule has 0 amide bonds. The van der Waals surface area contributed by atoms with Crippen LogP contribution in [0.5, 0.6) is 0 Å². The molecule has 1 N–H and O–H groups in total. The van der Waals surface area contributed by atoms with Crippen molar-refractivity contribution in [2.45, 2.75) is 77.2 Å². The van der Waals surface area contributed by atoms with Gasteiger partial charge in [0.1, 0.15) is 5.69 Å². The third kappa shape index (κ3) is 2.79. The predicted octanol–water partition coefficient (Wildman–Crippen LogP) is 4.02. The number of hydrogen-bond acceptors (Lipinski definition) is 4. The van der Waals surface area contributed by atoms with E-state index < -0.39 is 5.60 Å². The molecule has 0 bridgehead atoms. The van der Waals surface area contributed by atoms with Gasteiger partial charge in [-0.1, -0.05) is 6.92 Å². The van der Waals surface area contributed by atoms with Crippen molar-refractivity contribution in [3.8, 4) is 0 Å². The molecule has 4 fully saturated rings. The number of ketones is 1. The summed E-state index contributed by atoms with van der Waals surface area (Å²) >= 11 is 0. The van der Waals surface area contributed by atoms with Crippen LogP contribution in [0.1, 0.15) is 82.1 Å². The maximum absolute atomic E-state index is 13.2. The monoisotopic (exact) mass is 385 g/mol. The molecule has 5 heteroatoms. The van der Waals surface area contributed by atoms with E-state index in [0.29, 0.717) is 17.5 Å². The van der Waals surface area contributed by atoms with E-state index in [0.717, 1.165) is 37.0 Å². The number of aryl methyl sites for hydroxylation is 1. The number of carbonyl (C=O) groups excluding carboxylic acids is 1. The third-order valence-electron chi connectivity index (χ3n) is 9.41. The molecular formula is C23H35N3O2. The maximum atomic E-state index is 13.2. The van der Waals surface area contributed by atoms with Crippen LogP contribution in [-0.2, 0) is 7.05 Å². The van der Waals surface area contributed by atoms with E-state index in [9.17, 15) is 9.90 Å². The molecular weight excluding hydrogens is 350 g/mol. The molecule has 154 valence electrons. The highest BCUT2D eigenvalue weighted by Gasteiger charge is 2.59. The molecule has 8 atom stereocenters. The van der Waals surface area contributed by atoms with Crippen LogP contribution in [0.3, 0.4) is 0 Å². The molecule has 0 unspecified atom stereocenters. The average molecular weight is 386 g/mol. The molecule has 28 heavy (non-hydrogen) atoms. The Balaban J connectivity index is 1.36. The van der Waals surface area contributed by atoms with Crippen molar-refractivity contribution in [1.82, 2.24) is 15.0 Å². The van der Waals surface area contributed by atoms with E-state index in [2.05, 4.69) is 17.1 Å². The summed E-state index contributed by atoms with van der Waals surface area (Å²) in [6.45, 7) is 4.43. The molecule has 4 aliphatic rings. The van der Waals surface area contributed by atoms with Crippen LogP contribution in [0.15, 0.2) is 6.20 Å². The topological polar surface area (TPSA) is 68.0 Å². The number of fused-ring (bicyclic) bond motifs is 5. The Hall–Kier alpha value is -1.23. The molecule has 4 saturated carbocycles. The van der Waals surface area contributed by atoms with Crippen molar-refractivity contribution in [2.75, 3.05) is 0 Å². The Bertz CT molecular complexity index is 772. The first-order chi connectivity index (χ1) is 13.3. The van der Waals surface area contributed by atoms with E-state index in [1.807, 2.05) is 6.92 Å². The first-order valence-corrected chi connectivity index (χ1v) is 11.4. The number of hydrogen-bond donors (Lipinski definition) is 1. The normalized spacial score (nSPS) is 47.9. The van der Waals surface area contributed by atoms with Crippen molar-refractivity contribution in [3.63, 3.8) is 0 Å². The van der Waals surface area contributed by atoms with Gasteiger partial charge in [-0.3, -0.25) is 4.79 Å². The fourth-order valence-corrected chi connectivity index (χ4v) is 8.15. The number of aliphatic hydroxyl groups is 1. The SMILES string of the molecule is Cn1ncc(C(=O)[C@H]2CC[C@H]3[C@@H]4CC[C@@H]5C[C@](C)(O)CC[C@@H]5[C@H]4CC[C@]23C)n1. The summed E-state index contributed by atoms with van der Waals surface area (Å²) in [4.78, 5) is 14.7. The number of rotatable bonds is 2. The zero-order chi connectivity index (χ0) is 19.7. The summed E-state index contributed by atoms with van der Waals surface area (Å²) < 4.78 is 0. The predicted molar refractivity (Wildman–Crippen MR) is 107 cm³/mol. The molecule has 4 aliphatic carbocycles. The second kappa shape index (κ2) is 6.38. The highest BCUT2D eigenvalue weighted by Crippen LogP contribution is 2.64. The van der Waals surface area contributed by atoms with Gasteiger partial charge >= 0.3 is 0 Å². The highest BCUT2D eigenvalue weighted by molar-refractivity contribution is 5.96. The highest BCUT2D eigenvalue weighted by atomic mass is 16.3. The lowest BCUT2D eigenvalue weighted by atomic mass is 9.49. The molecule has 0 aromatic carbocycles. The third-order valence-corrected chi connectivity index (χ3v) is 9.41. The second-order valence-corrected chi connectivity index (χ2v) is 10.9. The van der Waals surface area contributed by atoms with E-state index >= 15 is 0 Å². The summed E-state index contributed by atoms with van der Waals surface area (Å²) in [6, 6.07) is 0. The summed E-state index contributed by atoms with van der Waals surface area (Å²) in [5, 5.41) is 19.0. The van der Waals surface area contributed by atoms with Crippen molar-refractivity contribution < 1.29 is 9.90 Å². The molecule has 1 heterocycles. The van der Waals surface area contributed by atoms with Crippen molar-refractivity contribution >= 4 is 5.78 Å². The molecule has 1 aromatic heterocycles. The van der Waals surface area contributed by atoms with Crippen LogP contribution < -0.4 is 0 Å². The van der Waals surface area contributed by atoms with E-state index in [4.69, 9.17) is 0 Å². The Morgan fingerprint density at radius 2 is 1.86 bits per heavy atom. The Morgan fingerprint density at radius 3 is 2.61 bits per heavy atom. The number of nitrogens with zero attached hydrogens (tertiary/aromatic N) is 3. The molecule has 0 spiro atoms. The maximum Gasteiger partial charge on any atom is 0.188 e. The van der Waals surface area contributed by atoms with Gasteiger partial charge in [-0.05, 0) is 99.7 Å². The van der Waals surface area contributed by atoms with Gasteiger partial charge in [0.2, 0.25) is 0 Å². The molecule has 0 aliphatic heterocycles. The number of aromatic nitrogens is 3. The first-order valence-electron chi connectivity index (χ1n) is 11.4. The van der Waals surface area contributed by atoms with Gasteiger partial charge in [0.05, 0.1) is 11.8 Å². The van der Waals surface area contributed by atoms with E-state index in [1.54, 1.807) is 13.2 Å². The quantitative estimate of drug-likeness (QED) is 0.781. The van der Waals surface area contributed by atoms with E-state index in [-0.39, 0.29) is 17.1 Å². The van der Waals surface area contributed by atoms with Crippen LogP contribution >= 0.6 is 0 Å². The smallest absolute Gasteiger partial charge is 0.188 e.